The predicted octanol–water partition coefficient (Wildman–Crippen LogP) is 5.31. The molecule has 0 unspecified atom stereocenters. The first-order valence-corrected chi connectivity index (χ1v) is 8.96. The maximum absolute atomic E-state index is 11.9. The zero-order valence-corrected chi connectivity index (χ0v) is 14.6. The first kappa shape index (κ1) is 19.4. The Labute approximate surface area is 140 Å². The smallest absolute Gasteiger partial charge is 0.233 e. The fraction of sp³-hybridized carbons (Fsp3) is 0.600. The van der Waals surface area contributed by atoms with Crippen molar-refractivity contribution in [3.63, 3.8) is 0 Å². The largest absolute Gasteiger partial charge is 0.326 e. The lowest BCUT2D eigenvalue weighted by Gasteiger charge is -2.08. The second kappa shape index (κ2) is 11.9. The summed E-state index contributed by atoms with van der Waals surface area (Å²) in [5.74, 6) is 0.0545. The lowest BCUT2D eigenvalue weighted by molar-refractivity contribution is -0.116. The number of amides is 1. The fourth-order valence-electron chi connectivity index (χ4n) is 2.68. The molecule has 0 saturated carbocycles. The molecule has 23 heavy (non-hydrogen) atoms. The number of aryl methyl sites for hydroxylation is 1. The van der Waals surface area contributed by atoms with Crippen LogP contribution in [0.1, 0.15) is 82.3 Å². The van der Waals surface area contributed by atoms with Gasteiger partial charge in [0.2, 0.25) is 12.2 Å². The third kappa shape index (κ3) is 8.53. The van der Waals surface area contributed by atoms with E-state index in [0.717, 1.165) is 24.1 Å². The van der Waals surface area contributed by atoms with E-state index >= 15 is 0 Å². The van der Waals surface area contributed by atoms with Gasteiger partial charge in [0, 0.05) is 17.7 Å². The minimum absolute atomic E-state index is 0.0545. The molecular formula is C20H30NO2. The molecule has 0 atom stereocenters. The molecule has 3 nitrogen and oxygen atoms in total. The Morgan fingerprint density at radius 2 is 1.61 bits per heavy atom. The van der Waals surface area contributed by atoms with Gasteiger partial charge in [0.15, 0.2) is 0 Å². The van der Waals surface area contributed by atoms with Crippen LogP contribution in [-0.2, 0) is 9.59 Å². The molecule has 0 aromatic heterocycles. The van der Waals surface area contributed by atoms with E-state index in [1.807, 2.05) is 13.2 Å². The summed E-state index contributed by atoms with van der Waals surface area (Å²) in [5, 5.41) is 2.92. The van der Waals surface area contributed by atoms with Crippen LogP contribution in [0.3, 0.4) is 0 Å². The maximum atomic E-state index is 11.9. The molecule has 1 rings (SSSR count). The Bertz CT molecular complexity index is 483. The van der Waals surface area contributed by atoms with E-state index in [0.29, 0.717) is 12.0 Å². The molecule has 0 spiro atoms. The Morgan fingerprint density at radius 1 is 1.00 bits per heavy atom. The quantitative estimate of drug-likeness (QED) is 0.531. The van der Waals surface area contributed by atoms with Crippen molar-refractivity contribution in [2.75, 3.05) is 5.32 Å². The molecule has 0 aliphatic rings. The molecule has 0 aliphatic carbocycles. The molecule has 1 radical (unpaired) electrons. The fourth-order valence-corrected chi connectivity index (χ4v) is 2.68. The Kier molecular flexibility index (Phi) is 10.0. The number of nitrogens with one attached hydrogen (secondary N) is 1. The van der Waals surface area contributed by atoms with E-state index in [1.54, 1.807) is 18.2 Å². The van der Waals surface area contributed by atoms with Gasteiger partial charge in [-0.05, 0) is 37.1 Å². The van der Waals surface area contributed by atoms with E-state index in [2.05, 4.69) is 12.2 Å². The summed E-state index contributed by atoms with van der Waals surface area (Å²) in [6, 6.07) is 5.18. The lowest BCUT2D eigenvalue weighted by Crippen LogP contribution is -2.12. The normalized spacial score (nSPS) is 10.5. The summed E-state index contributed by atoms with van der Waals surface area (Å²) in [7, 11) is 0. The summed E-state index contributed by atoms with van der Waals surface area (Å²) >= 11 is 0. The third-order valence-electron chi connectivity index (χ3n) is 4.13. The molecule has 0 fully saturated rings. The average Bonchev–Trinajstić information content (AvgIpc) is 2.55. The van der Waals surface area contributed by atoms with Crippen molar-refractivity contribution >= 4 is 17.9 Å². The summed E-state index contributed by atoms with van der Waals surface area (Å²) in [4.78, 5) is 22.5. The Balaban J connectivity index is 2.12. The summed E-state index contributed by atoms with van der Waals surface area (Å²) in [6.07, 6.45) is 13.7. The number of carbonyl (C=O) groups excluding carboxylic acids is 2. The molecule has 0 aliphatic heterocycles. The van der Waals surface area contributed by atoms with Gasteiger partial charge in [0.1, 0.15) is 0 Å². The SMILES string of the molecule is CCCCCCCCCCCC(=O)Nc1ccc([C]=O)cc1C. The van der Waals surface area contributed by atoms with Gasteiger partial charge in [-0.3, -0.25) is 9.59 Å². The van der Waals surface area contributed by atoms with E-state index in [1.165, 1.54) is 44.9 Å². The van der Waals surface area contributed by atoms with Crippen LogP contribution in [0.15, 0.2) is 18.2 Å². The maximum Gasteiger partial charge on any atom is 0.233 e. The molecule has 1 aromatic carbocycles. The Hall–Kier alpha value is -1.64. The molecule has 1 amide bonds. The van der Waals surface area contributed by atoms with Crippen LogP contribution in [-0.4, -0.2) is 12.2 Å². The molecular weight excluding hydrogens is 286 g/mol. The topological polar surface area (TPSA) is 46.2 Å². The number of carbonyl (C=O) groups is 1. The molecule has 0 saturated heterocycles. The van der Waals surface area contributed by atoms with Gasteiger partial charge >= 0.3 is 0 Å². The van der Waals surface area contributed by atoms with Crippen molar-refractivity contribution in [3.05, 3.63) is 29.3 Å². The molecule has 127 valence electrons. The standard InChI is InChI=1S/C20H30NO2/c1-3-4-5-6-7-8-9-10-11-12-20(23)21-19-14-13-18(16-22)15-17(19)2/h13-15H,3-12H2,1-2H3,(H,21,23). The highest BCUT2D eigenvalue weighted by molar-refractivity contribution is 5.92. The first-order chi connectivity index (χ1) is 11.2. The van der Waals surface area contributed by atoms with E-state index < -0.39 is 0 Å². The van der Waals surface area contributed by atoms with Gasteiger partial charge in [-0.1, -0.05) is 58.3 Å². The zero-order chi connectivity index (χ0) is 16.9. The van der Waals surface area contributed by atoms with E-state index in [-0.39, 0.29) is 5.91 Å². The number of hydrogen-bond donors (Lipinski definition) is 1. The van der Waals surface area contributed by atoms with Gasteiger partial charge in [0.05, 0.1) is 0 Å². The zero-order valence-electron chi connectivity index (χ0n) is 14.6. The van der Waals surface area contributed by atoms with Crippen LogP contribution in [0, 0.1) is 6.92 Å². The minimum atomic E-state index is 0.0545. The van der Waals surface area contributed by atoms with Gasteiger partial charge in [-0.15, -0.1) is 0 Å². The summed E-state index contributed by atoms with van der Waals surface area (Å²) in [5.41, 5.74) is 2.19. The van der Waals surface area contributed by atoms with Crippen molar-refractivity contribution in [3.8, 4) is 0 Å². The highest BCUT2D eigenvalue weighted by Crippen LogP contribution is 2.16. The van der Waals surface area contributed by atoms with Crippen LogP contribution in [0.2, 0.25) is 0 Å². The van der Waals surface area contributed by atoms with Crippen molar-refractivity contribution in [2.24, 2.45) is 0 Å². The minimum Gasteiger partial charge on any atom is -0.326 e. The number of benzene rings is 1. The molecule has 0 heterocycles. The van der Waals surface area contributed by atoms with Crippen molar-refractivity contribution in [1.29, 1.82) is 0 Å². The van der Waals surface area contributed by atoms with Gasteiger partial charge in [0.25, 0.3) is 0 Å². The average molecular weight is 316 g/mol. The van der Waals surface area contributed by atoms with Crippen LogP contribution in [0.25, 0.3) is 0 Å². The highest BCUT2D eigenvalue weighted by atomic mass is 16.1. The van der Waals surface area contributed by atoms with E-state index in [4.69, 9.17) is 0 Å². The molecule has 1 N–H and O–H groups in total. The van der Waals surface area contributed by atoms with Crippen LogP contribution in [0.5, 0.6) is 0 Å². The van der Waals surface area contributed by atoms with Gasteiger partial charge < -0.3 is 5.32 Å². The first-order valence-electron chi connectivity index (χ1n) is 8.96. The van der Waals surface area contributed by atoms with Crippen LogP contribution in [0.4, 0.5) is 5.69 Å². The molecule has 1 aromatic rings. The Morgan fingerprint density at radius 3 is 2.17 bits per heavy atom. The van der Waals surface area contributed by atoms with Crippen molar-refractivity contribution in [1.82, 2.24) is 0 Å². The highest BCUT2D eigenvalue weighted by Gasteiger charge is 2.05. The van der Waals surface area contributed by atoms with Crippen LogP contribution >= 0.6 is 0 Å². The second-order valence-electron chi connectivity index (χ2n) is 6.26. The summed E-state index contributed by atoms with van der Waals surface area (Å²) in [6.45, 7) is 4.12. The summed E-state index contributed by atoms with van der Waals surface area (Å²) < 4.78 is 0. The van der Waals surface area contributed by atoms with Gasteiger partial charge in [-0.25, -0.2) is 0 Å². The molecule has 0 bridgehead atoms. The lowest BCUT2D eigenvalue weighted by atomic mass is 10.1. The number of rotatable bonds is 12. The van der Waals surface area contributed by atoms with Crippen LogP contribution < -0.4 is 5.32 Å². The van der Waals surface area contributed by atoms with Crippen molar-refractivity contribution in [2.45, 2.75) is 78.1 Å². The monoisotopic (exact) mass is 316 g/mol. The number of anilines is 1. The van der Waals surface area contributed by atoms with E-state index in [9.17, 15) is 9.59 Å². The number of unbranched alkanes of at least 4 members (excludes halogenated alkanes) is 8. The third-order valence-corrected chi connectivity index (χ3v) is 4.13. The second-order valence-corrected chi connectivity index (χ2v) is 6.26. The predicted molar refractivity (Wildman–Crippen MR) is 96.4 cm³/mol. The van der Waals surface area contributed by atoms with Crippen molar-refractivity contribution < 1.29 is 9.59 Å². The molecule has 3 heteroatoms. The van der Waals surface area contributed by atoms with Gasteiger partial charge in [-0.2, -0.15) is 0 Å². The number of hydrogen-bond acceptors (Lipinski definition) is 2.